The van der Waals surface area contributed by atoms with Crippen LogP contribution in [-0.2, 0) is 4.79 Å². The molecule has 0 radical (unpaired) electrons. The van der Waals surface area contributed by atoms with E-state index in [1.807, 2.05) is 13.0 Å². The molecule has 1 rings (SSSR count). The zero-order chi connectivity index (χ0) is 19.5. The van der Waals surface area contributed by atoms with Crippen LogP contribution >= 0.6 is 12.2 Å². The smallest absolute Gasteiger partial charge is 0.262 e. The number of nitrogens with zero attached hydrogens (tertiary/aromatic N) is 2. The number of hydrazone groups is 1. The molecule has 0 aromatic heterocycles. The van der Waals surface area contributed by atoms with Gasteiger partial charge in [0.05, 0.1) is 12.8 Å². The first-order chi connectivity index (χ1) is 12.4. The molecule has 26 heavy (non-hydrogen) atoms. The molecule has 7 nitrogen and oxygen atoms in total. The monoisotopic (exact) mass is 378 g/mol. The molecule has 0 aliphatic carbocycles. The minimum absolute atomic E-state index is 0.122. The van der Waals surface area contributed by atoms with Gasteiger partial charge in [-0.05, 0) is 49.8 Å². The Morgan fingerprint density at radius 3 is 2.77 bits per heavy atom. The van der Waals surface area contributed by atoms with Gasteiger partial charge in [-0.15, -0.1) is 6.58 Å². The Balaban J connectivity index is 2.82. The van der Waals surface area contributed by atoms with Crippen molar-refractivity contribution in [2.24, 2.45) is 5.10 Å². The van der Waals surface area contributed by atoms with E-state index in [1.54, 1.807) is 45.4 Å². The molecule has 1 atom stereocenters. The molecule has 0 saturated heterocycles. The fourth-order valence-electron chi connectivity index (χ4n) is 1.94. The van der Waals surface area contributed by atoms with Crippen molar-refractivity contribution in [1.82, 2.24) is 15.6 Å². The van der Waals surface area contributed by atoms with E-state index in [1.165, 1.54) is 4.90 Å². The Kier molecular flexibility index (Phi) is 9.14. The fourth-order valence-corrected chi connectivity index (χ4v) is 2.08. The molecule has 8 heteroatoms. The quantitative estimate of drug-likeness (QED) is 0.296. The highest BCUT2D eigenvalue weighted by Crippen LogP contribution is 2.29. The van der Waals surface area contributed by atoms with Crippen LogP contribution in [0.4, 0.5) is 0 Å². The molecule has 0 spiro atoms. The zero-order valence-corrected chi connectivity index (χ0v) is 16.4. The van der Waals surface area contributed by atoms with Gasteiger partial charge in [0.15, 0.2) is 22.7 Å². The summed E-state index contributed by atoms with van der Waals surface area (Å²) in [4.78, 5) is 13.5. The summed E-state index contributed by atoms with van der Waals surface area (Å²) in [6, 6.07) is 5.35. The normalized spacial score (nSPS) is 11.5. The first-order valence-corrected chi connectivity index (χ1v) is 8.62. The first kappa shape index (κ1) is 21.4. The van der Waals surface area contributed by atoms with E-state index < -0.39 is 6.10 Å². The Bertz CT molecular complexity index is 662. The summed E-state index contributed by atoms with van der Waals surface area (Å²) in [5, 5.41) is 7.38. The number of ether oxygens (including phenoxy) is 2. The number of hydrogen-bond donors (Lipinski definition) is 2. The fraction of sp³-hybridized carbons (Fsp3) is 0.389. The SMILES string of the molecule is C=CCNC(=S)N/N=C\c1ccc(O[C@H](C)C(=O)N(C)C)c(OCC)c1. The Morgan fingerprint density at radius 2 is 2.15 bits per heavy atom. The highest BCUT2D eigenvalue weighted by Gasteiger charge is 2.18. The number of carbonyl (C=O) groups is 1. The van der Waals surface area contributed by atoms with Crippen LogP contribution in [0, 0.1) is 0 Å². The molecule has 1 aromatic rings. The molecule has 1 amide bonds. The van der Waals surface area contributed by atoms with Gasteiger partial charge >= 0.3 is 0 Å². The average Bonchev–Trinajstić information content (AvgIpc) is 2.61. The lowest BCUT2D eigenvalue weighted by atomic mass is 10.2. The van der Waals surface area contributed by atoms with Gasteiger partial charge in [-0.25, -0.2) is 0 Å². The second-order valence-corrected chi connectivity index (χ2v) is 5.91. The number of thiocarbonyl (C=S) groups is 1. The third-order valence-corrected chi connectivity index (χ3v) is 3.38. The van der Waals surface area contributed by atoms with Gasteiger partial charge in [0, 0.05) is 20.6 Å². The Hall–Kier alpha value is -2.61. The van der Waals surface area contributed by atoms with E-state index in [4.69, 9.17) is 21.7 Å². The topological polar surface area (TPSA) is 75.2 Å². The van der Waals surface area contributed by atoms with Crippen LogP contribution in [0.15, 0.2) is 36.0 Å². The molecule has 0 unspecified atom stereocenters. The lowest BCUT2D eigenvalue weighted by molar-refractivity contribution is -0.135. The number of likely N-dealkylation sites (N-methyl/N-ethyl adjacent to an activating group) is 1. The molecular weight excluding hydrogens is 352 g/mol. The van der Waals surface area contributed by atoms with Gasteiger partial charge < -0.3 is 19.7 Å². The van der Waals surface area contributed by atoms with E-state index in [0.717, 1.165) is 5.56 Å². The summed E-state index contributed by atoms with van der Waals surface area (Å²) in [6.45, 7) is 8.22. The van der Waals surface area contributed by atoms with E-state index in [2.05, 4.69) is 22.4 Å². The van der Waals surface area contributed by atoms with Crippen molar-refractivity contribution in [2.75, 3.05) is 27.2 Å². The number of nitrogens with one attached hydrogen (secondary N) is 2. The van der Waals surface area contributed by atoms with Crippen molar-refractivity contribution in [2.45, 2.75) is 20.0 Å². The molecule has 0 saturated carbocycles. The molecule has 0 aliphatic heterocycles. The number of amides is 1. The van der Waals surface area contributed by atoms with Crippen LogP contribution < -0.4 is 20.2 Å². The number of hydrogen-bond acceptors (Lipinski definition) is 5. The summed E-state index contributed by atoms with van der Waals surface area (Å²) in [5.74, 6) is 0.924. The maximum Gasteiger partial charge on any atom is 0.262 e. The largest absolute Gasteiger partial charge is 0.490 e. The molecule has 0 fully saturated rings. The van der Waals surface area contributed by atoms with Gasteiger partial charge in [-0.2, -0.15) is 5.10 Å². The minimum Gasteiger partial charge on any atom is -0.490 e. The van der Waals surface area contributed by atoms with Crippen LogP contribution in [0.2, 0.25) is 0 Å². The first-order valence-electron chi connectivity index (χ1n) is 8.21. The van der Waals surface area contributed by atoms with Crippen molar-refractivity contribution in [3.05, 3.63) is 36.4 Å². The highest BCUT2D eigenvalue weighted by molar-refractivity contribution is 7.80. The third-order valence-electron chi connectivity index (χ3n) is 3.15. The highest BCUT2D eigenvalue weighted by atomic mass is 32.1. The summed E-state index contributed by atoms with van der Waals surface area (Å²) < 4.78 is 11.4. The lowest BCUT2D eigenvalue weighted by Crippen LogP contribution is -2.35. The van der Waals surface area contributed by atoms with Gasteiger partial charge in [-0.1, -0.05) is 6.08 Å². The van der Waals surface area contributed by atoms with Crippen LogP contribution in [0.5, 0.6) is 11.5 Å². The maximum atomic E-state index is 12.0. The van der Waals surface area contributed by atoms with Crippen LogP contribution in [0.3, 0.4) is 0 Å². The zero-order valence-electron chi connectivity index (χ0n) is 15.6. The maximum absolute atomic E-state index is 12.0. The second-order valence-electron chi connectivity index (χ2n) is 5.50. The van der Waals surface area contributed by atoms with Crippen molar-refractivity contribution in [3.8, 4) is 11.5 Å². The van der Waals surface area contributed by atoms with Crippen LogP contribution in [0.25, 0.3) is 0 Å². The van der Waals surface area contributed by atoms with Crippen molar-refractivity contribution in [1.29, 1.82) is 0 Å². The van der Waals surface area contributed by atoms with Gasteiger partial charge in [0.2, 0.25) is 0 Å². The van der Waals surface area contributed by atoms with Gasteiger partial charge in [0.1, 0.15) is 0 Å². The van der Waals surface area contributed by atoms with Crippen molar-refractivity contribution >= 4 is 29.5 Å². The molecular formula is C18H26N4O3S. The van der Waals surface area contributed by atoms with Crippen LogP contribution in [0.1, 0.15) is 19.4 Å². The average molecular weight is 378 g/mol. The predicted molar refractivity (Wildman–Crippen MR) is 108 cm³/mol. The van der Waals surface area contributed by atoms with E-state index in [9.17, 15) is 4.79 Å². The van der Waals surface area contributed by atoms with E-state index in [-0.39, 0.29) is 5.91 Å². The Labute approximate surface area is 160 Å². The Morgan fingerprint density at radius 1 is 1.42 bits per heavy atom. The summed E-state index contributed by atoms with van der Waals surface area (Å²) >= 11 is 5.05. The summed E-state index contributed by atoms with van der Waals surface area (Å²) in [6.07, 6.45) is 2.70. The molecule has 142 valence electrons. The third kappa shape index (κ3) is 7.10. The van der Waals surface area contributed by atoms with Crippen molar-refractivity contribution in [3.63, 3.8) is 0 Å². The van der Waals surface area contributed by atoms with Crippen molar-refractivity contribution < 1.29 is 14.3 Å². The number of benzene rings is 1. The molecule has 2 N–H and O–H groups in total. The molecule has 0 heterocycles. The molecule has 1 aromatic carbocycles. The molecule has 0 bridgehead atoms. The summed E-state index contributed by atoms with van der Waals surface area (Å²) in [7, 11) is 3.37. The van der Waals surface area contributed by atoms with Gasteiger partial charge in [-0.3, -0.25) is 10.2 Å². The van der Waals surface area contributed by atoms with Crippen LogP contribution in [-0.4, -0.2) is 55.5 Å². The molecule has 0 aliphatic rings. The lowest BCUT2D eigenvalue weighted by Gasteiger charge is -2.20. The van der Waals surface area contributed by atoms with E-state index in [0.29, 0.717) is 29.8 Å². The standard InChI is InChI=1S/C18H26N4O3S/c1-6-10-19-18(26)21-20-12-14-8-9-15(16(11-14)24-7-2)25-13(3)17(23)22(4)5/h6,8-9,11-13H,1,7,10H2,2-5H3,(H2,19,21,26)/b20-12-/t13-/m1/s1. The predicted octanol–water partition coefficient (Wildman–Crippen LogP) is 1.92. The van der Waals surface area contributed by atoms with E-state index >= 15 is 0 Å². The minimum atomic E-state index is -0.612. The number of rotatable bonds is 9. The number of carbonyl (C=O) groups excluding carboxylic acids is 1. The summed E-state index contributed by atoms with van der Waals surface area (Å²) in [5.41, 5.74) is 3.51. The second kappa shape index (κ2) is 11.1. The van der Waals surface area contributed by atoms with Gasteiger partial charge in [0.25, 0.3) is 5.91 Å².